The van der Waals surface area contributed by atoms with Gasteiger partial charge in [0.05, 0.1) is 11.9 Å². The summed E-state index contributed by atoms with van der Waals surface area (Å²) in [4.78, 5) is 27.3. The molecule has 1 heterocycles. The molecule has 1 aliphatic carbocycles. The van der Waals surface area contributed by atoms with Crippen molar-refractivity contribution in [3.8, 4) is 0 Å². The van der Waals surface area contributed by atoms with E-state index >= 15 is 0 Å². The van der Waals surface area contributed by atoms with Crippen molar-refractivity contribution >= 4 is 21.8 Å². The lowest BCUT2D eigenvalue weighted by Crippen LogP contribution is -3.11. The molecule has 9 heteroatoms. The van der Waals surface area contributed by atoms with Gasteiger partial charge in [-0.3, -0.25) is 9.59 Å². The van der Waals surface area contributed by atoms with Crippen LogP contribution in [0.5, 0.6) is 0 Å². The number of benzene rings is 1. The minimum Gasteiger partial charge on any atom is -0.348 e. The van der Waals surface area contributed by atoms with E-state index in [1.165, 1.54) is 4.31 Å². The van der Waals surface area contributed by atoms with Crippen LogP contribution in [0.1, 0.15) is 24.0 Å². The quantitative estimate of drug-likeness (QED) is 0.584. The van der Waals surface area contributed by atoms with Crippen LogP contribution in [0.4, 0.5) is 0 Å². The summed E-state index contributed by atoms with van der Waals surface area (Å²) in [6.07, 6.45) is 2.08. The third-order valence-corrected chi connectivity index (χ3v) is 7.45. The summed E-state index contributed by atoms with van der Waals surface area (Å²) in [5.74, 6) is -0.0762. The molecule has 1 aliphatic heterocycles. The summed E-state index contributed by atoms with van der Waals surface area (Å²) in [5, 5.41) is 2.93. The first-order chi connectivity index (χ1) is 13.7. The third kappa shape index (κ3) is 5.55. The summed E-state index contributed by atoms with van der Waals surface area (Å²) in [6.45, 7) is 5.45. The van der Waals surface area contributed by atoms with Crippen molar-refractivity contribution in [1.82, 2.24) is 14.5 Å². The maximum absolute atomic E-state index is 13.0. The minimum absolute atomic E-state index is 0.0257. The molecule has 2 N–H and O–H groups in total. The van der Waals surface area contributed by atoms with E-state index in [1.54, 1.807) is 17.9 Å². The number of aryl methyl sites for hydroxylation is 2. The first kappa shape index (κ1) is 21.7. The summed E-state index contributed by atoms with van der Waals surface area (Å²) >= 11 is 0. The molecule has 3 rings (SSSR count). The second kappa shape index (κ2) is 8.81. The van der Waals surface area contributed by atoms with Crippen molar-refractivity contribution in [1.29, 1.82) is 0 Å². The number of likely N-dealkylation sites (N-methyl/N-ethyl adjacent to an activating group) is 1. The Hall–Kier alpha value is -1.97. The number of piperazine rings is 1. The molecule has 2 amide bonds. The summed E-state index contributed by atoms with van der Waals surface area (Å²) in [5.41, 5.74) is 1.63. The summed E-state index contributed by atoms with van der Waals surface area (Å²) in [6, 6.07) is 5.74. The first-order valence-electron chi connectivity index (χ1n) is 10.1. The van der Waals surface area contributed by atoms with Gasteiger partial charge in [0, 0.05) is 32.2 Å². The van der Waals surface area contributed by atoms with Gasteiger partial charge in [-0.1, -0.05) is 12.1 Å². The van der Waals surface area contributed by atoms with Gasteiger partial charge in [-0.2, -0.15) is 4.31 Å². The summed E-state index contributed by atoms with van der Waals surface area (Å²) < 4.78 is 27.5. The number of carbonyl (C=O) groups is 2. The van der Waals surface area contributed by atoms with Crippen molar-refractivity contribution in [2.45, 2.75) is 37.6 Å². The Morgan fingerprint density at radius 2 is 1.76 bits per heavy atom. The number of hydrogen-bond acceptors (Lipinski definition) is 4. The van der Waals surface area contributed by atoms with Gasteiger partial charge in [-0.15, -0.1) is 0 Å². The van der Waals surface area contributed by atoms with Crippen LogP contribution in [0.25, 0.3) is 0 Å². The monoisotopic (exact) mass is 423 g/mol. The minimum atomic E-state index is -3.57. The van der Waals surface area contributed by atoms with Crippen LogP contribution in [0.2, 0.25) is 0 Å². The average Bonchev–Trinajstić information content (AvgIpc) is 3.47. The van der Waals surface area contributed by atoms with Crippen LogP contribution in [0, 0.1) is 13.8 Å². The van der Waals surface area contributed by atoms with Crippen molar-refractivity contribution in [2.24, 2.45) is 0 Å². The molecule has 1 saturated carbocycles. The maximum Gasteiger partial charge on any atom is 0.277 e. The van der Waals surface area contributed by atoms with Crippen molar-refractivity contribution < 1.29 is 22.9 Å². The van der Waals surface area contributed by atoms with Crippen LogP contribution in [0.15, 0.2) is 23.1 Å². The van der Waals surface area contributed by atoms with Crippen LogP contribution >= 0.6 is 0 Å². The number of quaternary nitrogens is 1. The molecule has 0 aromatic heterocycles. The molecule has 1 unspecified atom stereocenters. The fourth-order valence-corrected chi connectivity index (χ4v) is 5.25. The standard InChI is InChI=1S/C20H30N4O4S/c1-15-4-5-16(2)18(12-15)29(27,28)24-10-8-23(9-11-24)20(26)14-22(3)13-19(25)21-17-6-7-17/h4-5,12,17H,6-11,13-14H2,1-3H3,(H,21,25)/p+1. The van der Waals surface area contributed by atoms with Crippen molar-refractivity contribution in [2.75, 3.05) is 46.3 Å². The van der Waals surface area contributed by atoms with Gasteiger partial charge in [0.15, 0.2) is 13.1 Å². The Balaban J connectivity index is 1.52. The molecule has 0 radical (unpaired) electrons. The van der Waals surface area contributed by atoms with Crippen molar-refractivity contribution in [3.63, 3.8) is 0 Å². The van der Waals surface area contributed by atoms with Gasteiger partial charge in [0.2, 0.25) is 10.0 Å². The molecule has 2 fully saturated rings. The van der Waals surface area contributed by atoms with E-state index in [4.69, 9.17) is 0 Å². The van der Waals surface area contributed by atoms with Crippen LogP contribution in [-0.4, -0.2) is 81.8 Å². The molecule has 0 spiro atoms. The van der Waals surface area contributed by atoms with E-state index in [2.05, 4.69) is 5.32 Å². The molecule has 1 atom stereocenters. The maximum atomic E-state index is 13.0. The van der Waals surface area contributed by atoms with Gasteiger partial charge in [-0.05, 0) is 43.9 Å². The van der Waals surface area contributed by atoms with Crippen LogP contribution < -0.4 is 10.2 Å². The largest absolute Gasteiger partial charge is 0.348 e. The topological polar surface area (TPSA) is 91.2 Å². The Labute approximate surface area is 172 Å². The average molecular weight is 424 g/mol. The molecule has 1 aromatic carbocycles. The van der Waals surface area contributed by atoms with Gasteiger partial charge < -0.3 is 15.1 Å². The molecular weight excluding hydrogens is 392 g/mol. The highest BCUT2D eigenvalue weighted by Crippen LogP contribution is 2.22. The van der Waals surface area contributed by atoms with Gasteiger partial charge in [-0.25, -0.2) is 8.42 Å². The first-order valence-corrected chi connectivity index (χ1v) is 11.6. The summed E-state index contributed by atoms with van der Waals surface area (Å²) in [7, 11) is -1.75. The Morgan fingerprint density at radius 3 is 2.38 bits per heavy atom. The van der Waals surface area contributed by atoms with Gasteiger partial charge in [0.1, 0.15) is 0 Å². The van der Waals surface area contributed by atoms with E-state index in [0.29, 0.717) is 24.0 Å². The Kier molecular flexibility index (Phi) is 6.60. The van der Waals surface area contributed by atoms with E-state index in [1.807, 2.05) is 26.1 Å². The van der Waals surface area contributed by atoms with Crippen LogP contribution in [0.3, 0.4) is 0 Å². The number of rotatable bonds is 7. The predicted molar refractivity (Wildman–Crippen MR) is 109 cm³/mol. The lowest BCUT2D eigenvalue weighted by Gasteiger charge is -2.34. The second-order valence-electron chi connectivity index (χ2n) is 8.21. The normalized spacial score (nSPS) is 19.1. The fourth-order valence-electron chi connectivity index (χ4n) is 3.52. The SMILES string of the molecule is Cc1ccc(C)c(S(=O)(=O)N2CCN(C(=O)C[NH+](C)CC(=O)NC3CC3)CC2)c1. The smallest absolute Gasteiger partial charge is 0.277 e. The van der Waals surface area contributed by atoms with E-state index in [-0.39, 0.29) is 38.0 Å². The van der Waals surface area contributed by atoms with Gasteiger partial charge >= 0.3 is 0 Å². The zero-order valence-corrected chi connectivity index (χ0v) is 18.2. The Bertz CT molecular complexity index is 874. The highest BCUT2D eigenvalue weighted by atomic mass is 32.2. The lowest BCUT2D eigenvalue weighted by atomic mass is 10.2. The third-order valence-electron chi connectivity index (χ3n) is 5.41. The van der Waals surface area contributed by atoms with Gasteiger partial charge in [0.25, 0.3) is 11.8 Å². The zero-order chi connectivity index (χ0) is 21.2. The molecule has 1 aromatic rings. The number of nitrogens with zero attached hydrogens (tertiary/aromatic N) is 2. The van der Waals surface area contributed by atoms with E-state index < -0.39 is 10.0 Å². The fraction of sp³-hybridized carbons (Fsp3) is 0.600. The molecule has 160 valence electrons. The Morgan fingerprint density at radius 1 is 1.10 bits per heavy atom. The highest BCUT2D eigenvalue weighted by Gasteiger charge is 2.32. The molecular formula is C20H31N4O4S+. The zero-order valence-electron chi connectivity index (χ0n) is 17.4. The molecule has 8 nitrogen and oxygen atoms in total. The van der Waals surface area contributed by atoms with E-state index in [0.717, 1.165) is 28.9 Å². The highest BCUT2D eigenvalue weighted by molar-refractivity contribution is 7.89. The van der Waals surface area contributed by atoms with E-state index in [9.17, 15) is 18.0 Å². The molecule has 0 bridgehead atoms. The number of hydrogen-bond donors (Lipinski definition) is 2. The molecule has 29 heavy (non-hydrogen) atoms. The number of nitrogens with one attached hydrogen (secondary N) is 2. The van der Waals surface area contributed by atoms with Crippen molar-refractivity contribution in [3.05, 3.63) is 29.3 Å². The number of sulfonamides is 1. The number of carbonyl (C=O) groups excluding carboxylic acids is 2. The predicted octanol–water partition coefficient (Wildman–Crippen LogP) is -1.07. The van der Waals surface area contributed by atoms with Crippen LogP contribution in [-0.2, 0) is 19.6 Å². The second-order valence-corrected chi connectivity index (χ2v) is 10.1. The molecule has 1 saturated heterocycles. The number of amides is 2. The lowest BCUT2D eigenvalue weighted by molar-refractivity contribution is -0.863. The molecule has 2 aliphatic rings.